The first kappa shape index (κ1) is 18.6. The summed E-state index contributed by atoms with van der Waals surface area (Å²) >= 11 is 0. The Morgan fingerprint density at radius 3 is 1.26 bits per heavy atom. The minimum absolute atomic E-state index is 0.496. The van der Waals surface area contributed by atoms with Crippen LogP contribution in [0.4, 0.5) is 0 Å². The summed E-state index contributed by atoms with van der Waals surface area (Å²) in [6, 6.07) is 0. The van der Waals surface area contributed by atoms with Crippen molar-refractivity contribution < 1.29 is 0 Å². The van der Waals surface area contributed by atoms with Crippen LogP contribution in [0, 0.1) is 0 Å². The Balaban J connectivity index is 2.42. The zero-order valence-electron chi connectivity index (χ0n) is 15.7. The van der Waals surface area contributed by atoms with Crippen molar-refractivity contribution in [2.75, 3.05) is 0 Å². The van der Waals surface area contributed by atoms with Gasteiger partial charge in [-0.2, -0.15) is 10.2 Å². The molecule has 0 N–H and O–H groups in total. The summed E-state index contributed by atoms with van der Waals surface area (Å²) in [5.74, 6) is 2.01. The predicted molar refractivity (Wildman–Crippen MR) is 101 cm³/mol. The Morgan fingerprint density at radius 2 is 1.00 bits per heavy atom. The third-order valence-corrected chi connectivity index (χ3v) is 7.39. The summed E-state index contributed by atoms with van der Waals surface area (Å²) in [5.41, 5.74) is 5.32. The van der Waals surface area contributed by atoms with E-state index in [2.05, 4.69) is 64.8 Å². The van der Waals surface area contributed by atoms with E-state index >= 15 is 0 Å². The van der Waals surface area contributed by atoms with Gasteiger partial charge in [0.2, 0.25) is 0 Å². The monoisotopic (exact) mass is 352 g/mol. The fourth-order valence-electron chi connectivity index (χ4n) is 2.42. The third-order valence-electron chi connectivity index (χ3n) is 3.77. The van der Waals surface area contributed by atoms with E-state index < -0.39 is 0 Å². The number of hydrogen-bond acceptors (Lipinski definition) is 2. The van der Waals surface area contributed by atoms with E-state index in [1.165, 1.54) is 38.1 Å². The highest BCUT2D eigenvalue weighted by molar-refractivity contribution is 7.31. The molecule has 0 aromatic carbocycles. The lowest BCUT2D eigenvalue weighted by Crippen LogP contribution is -2.17. The van der Waals surface area contributed by atoms with Gasteiger partial charge in [-0.1, -0.05) is 55.4 Å². The normalized spacial score (nSPS) is 13.0. The van der Waals surface area contributed by atoms with E-state index in [0.29, 0.717) is 23.7 Å². The molecule has 0 saturated carbocycles. The molecular formula is C17H30N4P2. The standard InChI is InChI=1S/C17H30N4P2/c1-10(2)14-18-20(16(22-14)12(5)6)9-21-17(13(7)8)23-15(19-21)11(3)4/h10-13H,9H2,1-8H3. The molecule has 0 radical (unpaired) electrons. The SMILES string of the molecule is CC(C)c1nn(Cn2nc(C(C)C)pc2C(C)C)c(C(C)C)p1. The van der Waals surface area contributed by atoms with Gasteiger partial charge in [0.05, 0.1) is 21.7 Å². The highest BCUT2D eigenvalue weighted by atomic mass is 31.0. The van der Waals surface area contributed by atoms with Crippen LogP contribution in [0.1, 0.15) is 101 Å². The van der Waals surface area contributed by atoms with Gasteiger partial charge < -0.3 is 0 Å². The molecule has 0 saturated heterocycles. The van der Waals surface area contributed by atoms with Crippen LogP contribution in [0.25, 0.3) is 0 Å². The molecule has 0 bridgehead atoms. The van der Waals surface area contributed by atoms with Gasteiger partial charge in [-0.25, -0.2) is 9.36 Å². The van der Waals surface area contributed by atoms with Crippen LogP contribution in [0.2, 0.25) is 0 Å². The Morgan fingerprint density at radius 1 is 0.652 bits per heavy atom. The van der Waals surface area contributed by atoms with Crippen molar-refractivity contribution in [2.45, 2.75) is 85.7 Å². The Labute approximate surface area is 143 Å². The van der Waals surface area contributed by atoms with Gasteiger partial charge in [0, 0.05) is 11.8 Å². The molecule has 2 heterocycles. The number of aromatic nitrogens is 4. The first-order chi connectivity index (χ1) is 10.7. The van der Waals surface area contributed by atoms with Crippen molar-refractivity contribution >= 4 is 16.4 Å². The second-order valence-electron chi connectivity index (χ2n) is 7.42. The Hall–Kier alpha value is -0.720. The lowest BCUT2D eigenvalue weighted by molar-refractivity contribution is 0.453. The van der Waals surface area contributed by atoms with Crippen molar-refractivity contribution in [3.8, 4) is 0 Å². The number of nitrogens with zero attached hydrogens (tertiary/aromatic N) is 4. The van der Waals surface area contributed by atoms with Crippen molar-refractivity contribution in [2.24, 2.45) is 0 Å². The maximum Gasteiger partial charge on any atom is 0.134 e. The quantitative estimate of drug-likeness (QED) is 0.617. The molecule has 128 valence electrons. The molecule has 0 aliphatic heterocycles. The van der Waals surface area contributed by atoms with Gasteiger partial charge in [0.1, 0.15) is 6.67 Å². The fourth-order valence-corrected chi connectivity index (χ4v) is 4.68. The molecule has 0 fully saturated rings. The summed E-state index contributed by atoms with van der Waals surface area (Å²) in [7, 11) is 2.58. The average Bonchev–Trinajstić information content (AvgIpc) is 3.03. The van der Waals surface area contributed by atoms with Gasteiger partial charge in [-0.15, -0.1) is 0 Å². The molecule has 2 aromatic rings. The molecular weight excluding hydrogens is 322 g/mol. The molecule has 0 unspecified atom stereocenters. The van der Waals surface area contributed by atoms with Gasteiger partial charge in [0.25, 0.3) is 0 Å². The predicted octanol–water partition coefficient (Wildman–Crippen LogP) is 6.24. The topological polar surface area (TPSA) is 35.6 Å². The number of hydrogen-bond donors (Lipinski definition) is 0. The van der Waals surface area contributed by atoms with Crippen LogP contribution in [-0.4, -0.2) is 19.6 Å². The van der Waals surface area contributed by atoms with Crippen LogP contribution < -0.4 is 0 Å². The molecule has 2 aromatic heterocycles. The van der Waals surface area contributed by atoms with Gasteiger partial charge >= 0.3 is 0 Å². The van der Waals surface area contributed by atoms with Crippen molar-refractivity contribution in [1.29, 1.82) is 0 Å². The number of rotatable bonds is 6. The Kier molecular flexibility index (Phi) is 6.03. The summed E-state index contributed by atoms with van der Waals surface area (Å²) in [4.78, 5) is 0. The van der Waals surface area contributed by atoms with E-state index in [1.807, 2.05) is 0 Å². The van der Waals surface area contributed by atoms with Crippen LogP contribution >= 0.6 is 16.4 Å². The van der Waals surface area contributed by atoms with Crippen LogP contribution in [-0.2, 0) is 6.67 Å². The zero-order valence-corrected chi connectivity index (χ0v) is 17.5. The van der Waals surface area contributed by atoms with E-state index in [4.69, 9.17) is 10.2 Å². The van der Waals surface area contributed by atoms with E-state index in [9.17, 15) is 0 Å². The summed E-state index contributed by atoms with van der Waals surface area (Å²) < 4.78 is 4.37. The molecule has 2 rings (SSSR count). The second-order valence-corrected chi connectivity index (χ2v) is 9.70. The van der Waals surface area contributed by atoms with E-state index in [0.717, 1.165) is 6.67 Å². The maximum absolute atomic E-state index is 4.89. The average molecular weight is 352 g/mol. The first-order valence-electron chi connectivity index (χ1n) is 8.59. The zero-order chi connectivity index (χ0) is 17.3. The summed E-state index contributed by atoms with van der Waals surface area (Å²) in [6.45, 7) is 18.7. The highest BCUT2D eigenvalue weighted by Crippen LogP contribution is 2.34. The maximum atomic E-state index is 4.89. The minimum Gasteiger partial charge on any atom is -0.242 e. The molecule has 0 atom stereocenters. The van der Waals surface area contributed by atoms with Crippen molar-refractivity contribution in [1.82, 2.24) is 19.6 Å². The van der Waals surface area contributed by atoms with Crippen LogP contribution in [0.3, 0.4) is 0 Å². The van der Waals surface area contributed by atoms with Crippen molar-refractivity contribution in [3.63, 3.8) is 0 Å². The van der Waals surface area contributed by atoms with Crippen molar-refractivity contribution in [3.05, 3.63) is 21.7 Å². The van der Waals surface area contributed by atoms with E-state index in [-0.39, 0.29) is 0 Å². The minimum atomic E-state index is 0.496. The molecule has 0 spiro atoms. The molecule has 6 heteroatoms. The highest BCUT2D eigenvalue weighted by Gasteiger charge is 2.18. The van der Waals surface area contributed by atoms with Gasteiger partial charge in [0.15, 0.2) is 0 Å². The lowest BCUT2D eigenvalue weighted by atomic mass is 10.2. The second kappa shape index (κ2) is 7.45. The fraction of sp³-hybridized carbons (Fsp3) is 0.765. The molecule has 0 aliphatic carbocycles. The summed E-state index contributed by atoms with van der Waals surface area (Å²) in [6.07, 6.45) is 0. The largest absolute Gasteiger partial charge is 0.242 e. The molecule has 0 amide bonds. The van der Waals surface area contributed by atoms with Crippen LogP contribution in [0.5, 0.6) is 0 Å². The summed E-state index contributed by atoms with van der Waals surface area (Å²) in [5, 5.41) is 9.78. The smallest absolute Gasteiger partial charge is 0.134 e. The molecule has 0 aliphatic rings. The van der Waals surface area contributed by atoms with Gasteiger partial charge in [-0.3, -0.25) is 0 Å². The molecule has 4 nitrogen and oxygen atoms in total. The molecule has 23 heavy (non-hydrogen) atoms. The van der Waals surface area contributed by atoms with Gasteiger partial charge in [-0.05, 0) is 28.2 Å². The lowest BCUT2D eigenvalue weighted by Gasteiger charge is -2.13. The van der Waals surface area contributed by atoms with Crippen LogP contribution in [0.15, 0.2) is 0 Å². The first-order valence-corrected chi connectivity index (χ1v) is 10.4. The third kappa shape index (κ3) is 4.22. The Bertz CT molecular complexity index is 597. The van der Waals surface area contributed by atoms with E-state index in [1.54, 1.807) is 0 Å².